The summed E-state index contributed by atoms with van der Waals surface area (Å²) >= 11 is 5.74. The predicted molar refractivity (Wildman–Crippen MR) is 103 cm³/mol. The molecular formula is C19H23N3OS. The summed E-state index contributed by atoms with van der Waals surface area (Å²) < 4.78 is 0. The SMILES string of the molecule is CCON=C1CCCCC1(C(=S)NC)c1cnc2ccccc2c1. The number of pyridine rings is 1. The summed E-state index contributed by atoms with van der Waals surface area (Å²) in [6.07, 6.45) is 5.99. The van der Waals surface area contributed by atoms with Gasteiger partial charge >= 0.3 is 0 Å². The van der Waals surface area contributed by atoms with Gasteiger partial charge in [0.2, 0.25) is 0 Å². The van der Waals surface area contributed by atoms with E-state index < -0.39 is 5.41 Å². The first-order valence-corrected chi connectivity index (χ1v) is 8.90. The summed E-state index contributed by atoms with van der Waals surface area (Å²) in [7, 11) is 1.88. The van der Waals surface area contributed by atoms with Crippen molar-refractivity contribution in [2.45, 2.75) is 38.0 Å². The van der Waals surface area contributed by atoms with Crippen molar-refractivity contribution in [2.75, 3.05) is 13.7 Å². The molecule has 1 N–H and O–H groups in total. The molecule has 24 heavy (non-hydrogen) atoms. The minimum absolute atomic E-state index is 0.422. The standard InChI is InChI=1S/C19H23N3OS/c1-3-23-22-17-10-6-7-11-19(17,18(24)20-2)15-12-14-8-4-5-9-16(14)21-13-15/h4-5,8-9,12-13H,3,6-7,10-11H2,1-2H3,(H,20,24). The monoisotopic (exact) mass is 341 g/mol. The number of thiocarbonyl (C=S) groups is 1. The number of para-hydroxylation sites is 1. The van der Waals surface area contributed by atoms with Gasteiger partial charge in [-0.25, -0.2) is 0 Å². The van der Waals surface area contributed by atoms with E-state index in [1.54, 1.807) is 0 Å². The van der Waals surface area contributed by atoms with Gasteiger partial charge in [0.25, 0.3) is 0 Å². The van der Waals surface area contributed by atoms with Crippen LogP contribution in [0.2, 0.25) is 0 Å². The fourth-order valence-corrected chi connectivity index (χ4v) is 3.85. The summed E-state index contributed by atoms with van der Waals surface area (Å²) in [5, 5.41) is 8.76. The molecule has 3 rings (SSSR count). The van der Waals surface area contributed by atoms with Crippen molar-refractivity contribution in [2.24, 2.45) is 5.16 Å². The van der Waals surface area contributed by atoms with Crippen LogP contribution in [-0.2, 0) is 10.3 Å². The van der Waals surface area contributed by atoms with E-state index in [2.05, 4.69) is 27.6 Å². The number of aromatic nitrogens is 1. The molecule has 1 heterocycles. The Bertz CT molecular complexity index is 774. The van der Waals surface area contributed by atoms with Gasteiger partial charge < -0.3 is 10.2 Å². The molecule has 126 valence electrons. The van der Waals surface area contributed by atoms with Gasteiger partial charge in [0.05, 0.1) is 21.6 Å². The van der Waals surface area contributed by atoms with E-state index in [9.17, 15) is 0 Å². The van der Waals surface area contributed by atoms with Crippen LogP contribution in [0.25, 0.3) is 10.9 Å². The molecule has 5 heteroatoms. The lowest BCUT2D eigenvalue weighted by Crippen LogP contribution is -2.50. The second kappa shape index (κ2) is 7.26. The molecule has 2 aromatic rings. The molecule has 1 fully saturated rings. The normalized spacial score (nSPS) is 22.5. The molecule has 0 spiro atoms. The first-order valence-electron chi connectivity index (χ1n) is 8.49. The molecule has 1 aromatic carbocycles. The molecule has 0 aliphatic heterocycles. The largest absolute Gasteiger partial charge is 0.396 e. The Kier molecular flexibility index (Phi) is 5.09. The van der Waals surface area contributed by atoms with E-state index in [0.717, 1.165) is 52.8 Å². The quantitative estimate of drug-likeness (QED) is 0.675. The van der Waals surface area contributed by atoms with Crippen LogP contribution in [0, 0.1) is 0 Å². The molecule has 1 aromatic heterocycles. The summed E-state index contributed by atoms with van der Waals surface area (Å²) in [4.78, 5) is 10.9. The number of oxime groups is 1. The topological polar surface area (TPSA) is 46.5 Å². The zero-order valence-corrected chi connectivity index (χ0v) is 15.0. The van der Waals surface area contributed by atoms with Gasteiger partial charge in [-0.3, -0.25) is 4.98 Å². The third kappa shape index (κ3) is 2.88. The van der Waals surface area contributed by atoms with Gasteiger partial charge in [-0.15, -0.1) is 0 Å². The summed E-state index contributed by atoms with van der Waals surface area (Å²) in [5.41, 5.74) is 2.67. The number of rotatable bonds is 4. The Labute approximate surface area is 148 Å². The summed E-state index contributed by atoms with van der Waals surface area (Å²) in [6, 6.07) is 10.3. The van der Waals surface area contributed by atoms with Crippen LogP contribution >= 0.6 is 12.2 Å². The number of hydrogen-bond acceptors (Lipinski definition) is 4. The van der Waals surface area contributed by atoms with Crippen molar-refractivity contribution in [3.05, 3.63) is 42.1 Å². The molecule has 0 amide bonds. The number of hydrogen-bond donors (Lipinski definition) is 1. The van der Waals surface area contributed by atoms with Crippen LogP contribution < -0.4 is 5.32 Å². The molecule has 1 atom stereocenters. The molecule has 0 saturated heterocycles. The van der Waals surface area contributed by atoms with Gasteiger partial charge in [0.15, 0.2) is 0 Å². The van der Waals surface area contributed by atoms with Crippen LogP contribution in [0.5, 0.6) is 0 Å². The minimum Gasteiger partial charge on any atom is -0.396 e. The third-order valence-corrected chi connectivity index (χ3v) is 5.26. The van der Waals surface area contributed by atoms with Gasteiger partial charge in [-0.1, -0.05) is 42.0 Å². The number of nitrogens with one attached hydrogen (secondary N) is 1. The number of likely N-dealkylation sites (N-methyl/N-ethyl adjacent to an activating group) is 1. The molecule has 4 nitrogen and oxygen atoms in total. The Hall–Kier alpha value is -2.01. The van der Waals surface area contributed by atoms with Crippen LogP contribution in [0.1, 0.15) is 38.2 Å². The van der Waals surface area contributed by atoms with Crippen LogP contribution in [0.15, 0.2) is 41.7 Å². The maximum Gasteiger partial charge on any atom is 0.114 e. The lowest BCUT2D eigenvalue weighted by Gasteiger charge is -2.38. The maximum atomic E-state index is 5.74. The van der Waals surface area contributed by atoms with Crippen molar-refractivity contribution >= 4 is 33.8 Å². The molecule has 0 radical (unpaired) electrons. The molecular weight excluding hydrogens is 318 g/mol. The van der Waals surface area contributed by atoms with Crippen molar-refractivity contribution in [1.82, 2.24) is 10.3 Å². The van der Waals surface area contributed by atoms with Crippen molar-refractivity contribution in [3.8, 4) is 0 Å². The van der Waals surface area contributed by atoms with E-state index in [0.29, 0.717) is 6.61 Å². The van der Waals surface area contributed by atoms with Gasteiger partial charge in [0, 0.05) is 18.6 Å². The van der Waals surface area contributed by atoms with E-state index >= 15 is 0 Å². The van der Waals surface area contributed by atoms with E-state index in [4.69, 9.17) is 17.1 Å². The van der Waals surface area contributed by atoms with Crippen LogP contribution in [0.4, 0.5) is 0 Å². The predicted octanol–water partition coefficient (Wildman–Crippen LogP) is 3.99. The summed E-state index contributed by atoms with van der Waals surface area (Å²) in [5.74, 6) is 0. The number of fused-ring (bicyclic) bond motifs is 1. The lowest BCUT2D eigenvalue weighted by atomic mass is 9.68. The molecule has 0 bridgehead atoms. The van der Waals surface area contributed by atoms with Crippen molar-refractivity contribution < 1.29 is 4.84 Å². The van der Waals surface area contributed by atoms with Crippen LogP contribution in [0.3, 0.4) is 0 Å². The number of benzene rings is 1. The Morgan fingerprint density at radius 1 is 1.38 bits per heavy atom. The molecule has 1 aliphatic rings. The van der Waals surface area contributed by atoms with Gasteiger partial charge in [-0.05, 0) is 43.9 Å². The zero-order chi connectivity index (χ0) is 17.0. The first kappa shape index (κ1) is 16.8. The highest BCUT2D eigenvalue weighted by atomic mass is 32.1. The van der Waals surface area contributed by atoms with Crippen molar-refractivity contribution in [3.63, 3.8) is 0 Å². The smallest absolute Gasteiger partial charge is 0.114 e. The highest BCUT2D eigenvalue weighted by Gasteiger charge is 2.44. The van der Waals surface area contributed by atoms with E-state index in [-0.39, 0.29) is 0 Å². The number of nitrogens with zero attached hydrogens (tertiary/aromatic N) is 2. The van der Waals surface area contributed by atoms with Crippen LogP contribution in [-0.4, -0.2) is 29.3 Å². The Morgan fingerprint density at radius 2 is 2.21 bits per heavy atom. The summed E-state index contributed by atoms with van der Waals surface area (Å²) in [6.45, 7) is 2.50. The fraction of sp³-hybridized carbons (Fsp3) is 0.421. The Balaban J connectivity index is 2.17. The highest BCUT2D eigenvalue weighted by Crippen LogP contribution is 2.39. The van der Waals surface area contributed by atoms with E-state index in [1.165, 1.54) is 0 Å². The second-order valence-corrected chi connectivity index (χ2v) is 6.47. The second-order valence-electron chi connectivity index (χ2n) is 6.06. The first-order chi connectivity index (χ1) is 11.7. The third-order valence-electron chi connectivity index (χ3n) is 4.71. The molecule has 1 saturated carbocycles. The average molecular weight is 341 g/mol. The maximum absolute atomic E-state index is 5.74. The van der Waals surface area contributed by atoms with Gasteiger partial charge in [-0.2, -0.15) is 0 Å². The lowest BCUT2D eigenvalue weighted by molar-refractivity contribution is 0.155. The van der Waals surface area contributed by atoms with Crippen molar-refractivity contribution in [1.29, 1.82) is 0 Å². The Morgan fingerprint density at radius 3 is 3.00 bits per heavy atom. The fourth-order valence-electron chi connectivity index (χ4n) is 3.51. The molecule has 1 unspecified atom stereocenters. The van der Waals surface area contributed by atoms with E-state index in [1.807, 2.05) is 38.4 Å². The molecule has 1 aliphatic carbocycles. The van der Waals surface area contributed by atoms with Gasteiger partial charge in [0.1, 0.15) is 6.61 Å². The average Bonchev–Trinajstić information content (AvgIpc) is 2.65. The highest BCUT2D eigenvalue weighted by molar-refractivity contribution is 7.80. The minimum atomic E-state index is -0.422. The zero-order valence-electron chi connectivity index (χ0n) is 14.2.